The highest BCUT2D eigenvalue weighted by molar-refractivity contribution is 5.88. The zero-order chi connectivity index (χ0) is 11.0. The number of hydrogen-bond donors (Lipinski definition) is 2. The summed E-state index contributed by atoms with van der Waals surface area (Å²) in [5.74, 6) is 0.753. The molecule has 0 radical (unpaired) electrons. The third-order valence-electron chi connectivity index (χ3n) is 4.01. The van der Waals surface area contributed by atoms with Gasteiger partial charge in [0.1, 0.15) is 0 Å². The van der Waals surface area contributed by atoms with Crippen LogP contribution in [0.25, 0.3) is 0 Å². The van der Waals surface area contributed by atoms with Crippen LogP contribution in [0.1, 0.15) is 19.3 Å². The molecule has 2 rings (SSSR count). The van der Waals surface area contributed by atoms with Crippen molar-refractivity contribution in [3.05, 3.63) is 0 Å². The van der Waals surface area contributed by atoms with Gasteiger partial charge in [-0.2, -0.15) is 0 Å². The zero-order valence-corrected chi connectivity index (χ0v) is 9.25. The number of hydrogen-bond acceptors (Lipinski definition) is 2. The first kappa shape index (κ1) is 10.5. The minimum absolute atomic E-state index is 0.0378. The highest BCUT2D eigenvalue weighted by Crippen LogP contribution is 2.52. The maximum atomic E-state index is 11.7. The molecule has 2 fully saturated rings. The lowest BCUT2D eigenvalue weighted by atomic mass is 9.78. The smallest absolute Gasteiger partial charge is 0.223 e. The summed E-state index contributed by atoms with van der Waals surface area (Å²) in [7, 11) is 3.30. The van der Waals surface area contributed by atoms with Crippen molar-refractivity contribution in [1.29, 1.82) is 0 Å². The molecule has 0 aliphatic heterocycles. The normalized spacial score (nSPS) is 37.7. The molecule has 2 saturated carbocycles. The van der Waals surface area contributed by atoms with Crippen molar-refractivity contribution < 1.29 is 9.59 Å². The van der Waals surface area contributed by atoms with Crippen LogP contribution in [0.4, 0.5) is 0 Å². The molecule has 2 amide bonds. The Kier molecular flexibility index (Phi) is 2.67. The SMILES string of the molecule is CNC(=O)[C@H]1[C@@H]2CC[C@@H](C2)[C@@H]1C(=O)NC. The molecule has 4 nitrogen and oxygen atoms in total. The predicted molar refractivity (Wildman–Crippen MR) is 55.9 cm³/mol. The fourth-order valence-electron chi connectivity index (χ4n) is 3.38. The lowest BCUT2D eigenvalue weighted by molar-refractivity contribution is -0.136. The van der Waals surface area contributed by atoms with Crippen LogP contribution in [0.5, 0.6) is 0 Å². The van der Waals surface area contributed by atoms with Crippen LogP contribution >= 0.6 is 0 Å². The first-order valence-electron chi connectivity index (χ1n) is 5.62. The number of carbonyl (C=O) groups excluding carboxylic acids is 2. The molecule has 0 aromatic heterocycles. The Balaban J connectivity index is 2.19. The van der Waals surface area contributed by atoms with E-state index in [2.05, 4.69) is 10.6 Å². The van der Waals surface area contributed by atoms with E-state index < -0.39 is 0 Å². The van der Waals surface area contributed by atoms with Gasteiger partial charge < -0.3 is 10.6 Å². The third kappa shape index (κ3) is 1.52. The molecule has 0 aromatic rings. The van der Waals surface area contributed by atoms with Crippen LogP contribution in [-0.2, 0) is 9.59 Å². The fourth-order valence-corrected chi connectivity index (χ4v) is 3.38. The summed E-state index contributed by atoms with van der Waals surface area (Å²) in [5.41, 5.74) is 0. The second-order valence-electron chi connectivity index (χ2n) is 4.61. The van der Waals surface area contributed by atoms with Crippen molar-refractivity contribution in [1.82, 2.24) is 10.6 Å². The number of amides is 2. The molecule has 4 atom stereocenters. The maximum absolute atomic E-state index is 11.7. The third-order valence-corrected chi connectivity index (χ3v) is 4.01. The van der Waals surface area contributed by atoms with E-state index in [4.69, 9.17) is 0 Å². The molecule has 0 heterocycles. The van der Waals surface area contributed by atoms with Crippen molar-refractivity contribution in [3.8, 4) is 0 Å². The lowest BCUT2D eigenvalue weighted by Crippen LogP contribution is -2.43. The minimum atomic E-state index is -0.0892. The van der Waals surface area contributed by atoms with Crippen LogP contribution in [0.15, 0.2) is 0 Å². The molecule has 0 unspecified atom stereocenters. The van der Waals surface area contributed by atoms with E-state index in [-0.39, 0.29) is 23.7 Å². The molecule has 0 aromatic carbocycles. The summed E-state index contributed by atoms with van der Waals surface area (Å²) in [5, 5.41) is 5.36. The Labute approximate surface area is 89.8 Å². The summed E-state index contributed by atoms with van der Waals surface area (Å²) < 4.78 is 0. The van der Waals surface area contributed by atoms with Gasteiger partial charge in [0.2, 0.25) is 11.8 Å². The largest absolute Gasteiger partial charge is 0.359 e. The Morgan fingerprint density at radius 3 is 1.67 bits per heavy atom. The van der Waals surface area contributed by atoms with E-state index in [0.717, 1.165) is 19.3 Å². The minimum Gasteiger partial charge on any atom is -0.359 e. The maximum Gasteiger partial charge on any atom is 0.223 e. The Morgan fingerprint density at radius 1 is 0.933 bits per heavy atom. The summed E-state index contributed by atoms with van der Waals surface area (Å²) in [6.07, 6.45) is 3.27. The number of rotatable bonds is 2. The van der Waals surface area contributed by atoms with Crippen LogP contribution in [0, 0.1) is 23.7 Å². The van der Waals surface area contributed by atoms with E-state index in [1.807, 2.05) is 0 Å². The van der Waals surface area contributed by atoms with Crippen molar-refractivity contribution in [2.24, 2.45) is 23.7 Å². The van der Waals surface area contributed by atoms with Gasteiger partial charge in [0.25, 0.3) is 0 Å². The molecule has 15 heavy (non-hydrogen) atoms. The molecule has 0 saturated heterocycles. The van der Waals surface area contributed by atoms with Crippen LogP contribution in [0.2, 0.25) is 0 Å². The number of fused-ring (bicyclic) bond motifs is 2. The van der Waals surface area contributed by atoms with Crippen molar-refractivity contribution in [3.63, 3.8) is 0 Å². The zero-order valence-electron chi connectivity index (χ0n) is 9.25. The van der Waals surface area contributed by atoms with E-state index in [1.54, 1.807) is 14.1 Å². The van der Waals surface area contributed by atoms with E-state index in [0.29, 0.717) is 11.8 Å². The quantitative estimate of drug-likeness (QED) is 0.681. The number of carbonyl (C=O) groups is 2. The van der Waals surface area contributed by atoms with E-state index in [9.17, 15) is 9.59 Å². The van der Waals surface area contributed by atoms with Crippen molar-refractivity contribution in [2.45, 2.75) is 19.3 Å². The van der Waals surface area contributed by atoms with Gasteiger partial charge in [-0.15, -0.1) is 0 Å². The average Bonchev–Trinajstić information content (AvgIpc) is 2.86. The molecular formula is C11H18N2O2. The Bertz CT molecular complexity index is 262. The van der Waals surface area contributed by atoms with Crippen molar-refractivity contribution >= 4 is 11.8 Å². The first-order valence-corrected chi connectivity index (χ1v) is 5.62. The van der Waals surface area contributed by atoms with Gasteiger partial charge in [0.15, 0.2) is 0 Å². The molecule has 2 aliphatic carbocycles. The van der Waals surface area contributed by atoms with Crippen LogP contribution in [-0.4, -0.2) is 25.9 Å². The summed E-state index contributed by atoms with van der Waals surface area (Å²) in [6.45, 7) is 0. The predicted octanol–water partition coefficient (Wildman–Crippen LogP) is 0.141. The van der Waals surface area contributed by atoms with Gasteiger partial charge in [-0.1, -0.05) is 0 Å². The topological polar surface area (TPSA) is 58.2 Å². The summed E-state index contributed by atoms with van der Waals surface area (Å²) in [6, 6.07) is 0. The van der Waals surface area contributed by atoms with Gasteiger partial charge in [-0.3, -0.25) is 9.59 Å². The molecule has 0 spiro atoms. The molecule has 4 heteroatoms. The number of nitrogens with one attached hydrogen (secondary N) is 2. The van der Waals surface area contributed by atoms with Crippen molar-refractivity contribution in [2.75, 3.05) is 14.1 Å². The summed E-state index contributed by atoms with van der Waals surface area (Å²) in [4.78, 5) is 23.5. The van der Waals surface area contributed by atoms with Gasteiger partial charge >= 0.3 is 0 Å². The molecule has 84 valence electrons. The highest BCUT2D eigenvalue weighted by atomic mass is 16.2. The average molecular weight is 210 g/mol. The molecule has 2 aliphatic rings. The van der Waals surface area contributed by atoms with Gasteiger partial charge in [0.05, 0.1) is 11.8 Å². The standard InChI is InChI=1S/C11H18N2O2/c1-12-10(14)8-6-3-4-7(5-6)9(8)11(15)13-2/h6-9H,3-5H2,1-2H3,(H,12,14)(H,13,15)/t6-,7+,8-,9-/m0/s1. The van der Waals surface area contributed by atoms with Crippen LogP contribution < -0.4 is 10.6 Å². The second kappa shape index (κ2) is 3.83. The summed E-state index contributed by atoms with van der Waals surface area (Å²) >= 11 is 0. The lowest BCUT2D eigenvalue weighted by Gasteiger charge is -2.28. The van der Waals surface area contributed by atoms with Gasteiger partial charge in [-0.25, -0.2) is 0 Å². The van der Waals surface area contributed by atoms with Gasteiger partial charge in [-0.05, 0) is 31.1 Å². The van der Waals surface area contributed by atoms with Crippen LogP contribution in [0.3, 0.4) is 0 Å². The van der Waals surface area contributed by atoms with E-state index in [1.165, 1.54) is 0 Å². The molecular weight excluding hydrogens is 192 g/mol. The Morgan fingerprint density at radius 2 is 1.33 bits per heavy atom. The molecule has 2 N–H and O–H groups in total. The monoisotopic (exact) mass is 210 g/mol. The highest BCUT2D eigenvalue weighted by Gasteiger charge is 2.53. The Hall–Kier alpha value is -1.06. The van der Waals surface area contributed by atoms with E-state index >= 15 is 0 Å². The first-order chi connectivity index (χ1) is 7.19. The fraction of sp³-hybridized carbons (Fsp3) is 0.818. The molecule has 2 bridgehead atoms. The second-order valence-corrected chi connectivity index (χ2v) is 4.61. The van der Waals surface area contributed by atoms with Gasteiger partial charge in [0, 0.05) is 14.1 Å².